The third-order valence-corrected chi connectivity index (χ3v) is 7.19. The van der Waals surface area contributed by atoms with Crippen molar-refractivity contribution in [1.82, 2.24) is 5.32 Å². The zero-order chi connectivity index (χ0) is 21.1. The number of carbonyl (C=O) groups excluding carboxylic acids is 1. The second-order valence-electron chi connectivity index (χ2n) is 5.58. The van der Waals surface area contributed by atoms with E-state index in [0.717, 1.165) is 17.2 Å². The number of hydrogen-bond acceptors (Lipinski definition) is 5. The quantitative estimate of drug-likeness (QED) is 0.308. The molecule has 1 heterocycles. The SMILES string of the molecule is O=C(O)COc1c(I)cc(/C=C2\SC(=Nc3ccc(Br)c(Cl)c3)NC2=O)cc1I. The molecule has 1 fully saturated rings. The molecule has 2 N–H and O–H groups in total. The molecular weight excluding hydrogens is 709 g/mol. The average Bonchev–Trinajstić information content (AvgIpc) is 2.96. The van der Waals surface area contributed by atoms with Crippen molar-refractivity contribution >= 4 is 113 Å². The molecule has 0 aromatic heterocycles. The van der Waals surface area contributed by atoms with E-state index in [1.807, 2.05) is 12.1 Å². The monoisotopic (exact) mass is 718 g/mol. The van der Waals surface area contributed by atoms with Crippen LogP contribution in [0, 0.1) is 7.14 Å². The lowest BCUT2D eigenvalue weighted by Gasteiger charge is -2.09. The Morgan fingerprint density at radius 2 is 2.00 bits per heavy atom. The van der Waals surface area contributed by atoms with Gasteiger partial charge in [0, 0.05) is 4.47 Å². The lowest BCUT2D eigenvalue weighted by atomic mass is 10.2. The molecule has 1 aliphatic heterocycles. The molecule has 2 aromatic carbocycles. The summed E-state index contributed by atoms with van der Waals surface area (Å²) in [5.74, 6) is -0.775. The number of carboxylic acids is 1. The number of amidine groups is 1. The van der Waals surface area contributed by atoms with Gasteiger partial charge in [0.25, 0.3) is 5.91 Å². The molecule has 0 spiro atoms. The number of carboxylic acid groups (broad SMARTS) is 1. The first-order valence-corrected chi connectivity index (χ1v) is 12.0. The van der Waals surface area contributed by atoms with Gasteiger partial charge in [0.1, 0.15) is 5.75 Å². The van der Waals surface area contributed by atoms with Crippen LogP contribution < -0.4 is 10.1 Å². The van der Waals surface area contributed by atoms with E-state index in [-0.39, 0.29) is 5.91 Å². The number of halogens is 4. The fraction of sp³-hybridized carbons (Fsp3) is 0.0556. The van der Waals surface area contributed by atoms with E-state index in [1.165, 1.54) is 11.8 Å². The molecule has 1 amide bonds. The average molecular weight is 720 g/mol. The molecule has 1 aliphatic rings. The van der Waals surface area contributed by atoms with E-state index in [1.54, 1.807) is 24.3 Å². The van der Waals surface area contributed by atoms with Gasteiger partial charge >= 0.3 is 5.97 Å². The smallest absolute Gasteiger partial charge is 0.341 e. The summed E-state index contributed by atoms with van der Waals surface area (Å²) < 4.78 is 7.60. The summed E-state index contributed by atoms with van der Waals surface area (Å²) in [6.07, 6.45) is 1.75. The van der Waals surface area contributed by atoms with Crippen LogP contribution in [0.2, 0.25) is 5.02 Å². The number of amides is 1. The summed E-state index contributed by atoms with van der Waals surface area (Å²) in [7, 11) is 0. The molecule has 3 rings (SSSR count). The summed E-state index contributed by atoms with van der Waals surface area (Å²) in [5.41, 5.74) is 1.43. The molecule has 6 nitrogen and oxygen atoms in total. The molecule has 29 heavy (non-hydrogen) atoms. The standard InChI is InChI=1S/C18H10BrClI2N2O4S/c19-10-2-1-9(6-11(10)20)23-18-24-17(27)14(29-18)5-8-3-12(21)16(13(22)4-8)28-7-15(25)26/h1-6H,7H2,(H,25,26)(H,23,24,27)/b14-5-. The summed E-state index contributed by atoms with van der Waals surface area (Å²) in [6.45, 7) is -0.412. The first-order chi connectivity index (χ1) is 13.7. The maximum absolute atomic E-state index is 12.3. The lowest BCUT2D eigenvalue weighted by molar-refractivity contribution is -0.139. The van der Waals surface area contributed by atoms with E-state index in [2.05, 4.69) is 71.4 Å². The highest BCUT2D eigenvalue weighted by atomic mass is 127. The van der Waals surface area contributed by atoms with Crippen LogP contribution in [0.1, 0.15) is 5.56 Å². The number of aliphatic carboxylic acids is 1. The van der Waals surface area contributed by atoms with Crippen molar-refractivity contribution < 1.29 is 19.4 Å². The summed E-state index contributed by atoms with van der Waals surface area (Å²) in [6, 6.07) is 8.93. The van der Waals surface area contributed by atoms with Crippen LogP contribution >= 0.6 is 84.5 Å². The molecule has 11 heteroatoms. The van der Waals surface area contributed by atoms with Gasteiger partial charge in [0.2, 0.25) is 0 Å². The topological polar surface area (TPSA) is 88.0 Å². The Kier molecular flexibility index (Phi) is 7.87. The zero-order valence-corrected chi connectivity index (χ0v) is 21.7. The van der Waals surface area contributed by atoms with Gasteiger partial charge in [-0.3, -0.25) is 4.79 Å². The predicted octanol–water partition coefficient (Wildman–Crippen LogP) is 5.67. The first kappa shape index (κ1) is 22.8. The number of nitrogens with one attached hydrogen (secondary N) is 1. The van der Waals surface area contributed by atoms with Crippen LogP contribution in [-0.4, -0.2) is 28.8 Å². The minimum absolute atomic E-state index is 0.242. The van der Waals surface area contributed by atoms with E-state index in [0.29, 0.717) is 26.5 Å². The zero-order valence-electron chi connectivity index (χ0n) is 14.2. The van der Waals surface area contributed by atoms with Gasteiger partial charge in [-0.25, -0.2) is 9.79 Å². The maximum atomic E-state index is 12.3. The maximum Gasteiger partial charge on any atom is 0.341 e. The van der Waals surface area contributed by atoms with Crippen molar-refractivity contribution in [3.05, 3.63) is 57.4 Å². The van der Waals surface area contributed by atoms with Crippen molar-refractivity contribution in [3.8, 4) is 5.75 Å². The summed E-state index contributed by atoms with van der Waals surface area (Å²) >= 11 is 14.8. The van der Waals surface area contributed by atoms with Crippen LogP contribution in [0.4, 0.5) is 5.69 Å². The van der Waals surface area contributed by atoms with E-state index in [4.69, 9.17) is 21.4 Å². The van der Waals surface area contributed by atoms with Crippen molar-refractivity contribution in [2.24, 2.45) is 4.99 Å². The van der Waals surface area contributed by atoms with Crippen molar-refractivity contribution in [2.75, 3.05) is 6.61 Å². The highest BCUT2D eigenvalue weighted by Crippen LogP contribution is 2.33. The van der Waals surface area contributed by atoms with E-state index < -0.39 is 12.6 Å². The van der Waals surface area contributed by atoms with Crippen molar-refractivity contribution in [2.45, 2.75) is 0 Å². The fourth-order valence-electron chi connectivity index (χ4n) is 2.24. The Morgan fingerprint density at radius 3 is 2.62 bits per heavy atom. The number of rotatable bonds is 5. The molecule has 1 saturated heterocycles. The Balaban J connectivity index is 1.82. The number of thioether (sulfide) groups is 1. The molecule has 0 radical (unpaired) electrons. The largest absolute Gasteiger partial charge is 0.480 e. The van der Waals surface area contributed by atoms with Crippen LogP contribution in [0.5, 0.6) is 5.75 Å². The van der Waals surface area contributed by atoms with Crippen molar-refractivity contribution in [1.29, 1.82) is 0 Å². The van der Waals surface area contributed by atoms with Crippen LogP contribution in [-0.2, 0) is 9.59 Å². The number of benzene rings is 2. The number of aliphatic imine (C=N–C) groups is 1. The number of nitrogens with zero attached hydrogens (tertiary/aromatic N) is 1. The molecule has 0 aliphatic carbocycles. The Bertz CT molecular complexity index is 1050. The van der Waals surface area contributed by atoms with Crippen molar-refractivity contribution in [3.63, 3.8) is 0 Å². The molecule has 2 aromatic rings. The number of ether oxygens (including phenoxy) is 1. The first-order valence-electron chi connectivity index (χ1n) is 7.81. The van der Waals surface area contributed by atoms with Gasteiger partial charge in [-0.1, -0.05) is 11.6 Å². The highest BCUT2D eigenvalue weighted by molar-refractivity contribution is 14.1. The minimum atomic E-state index is -1.04. The third-order valence-electron chi connectivity index (χ3n) is 3.44. The third kappa shape index (κ3) is 6.09. The normalized spacial score (nSPS) is 16.3. The number of carbonyl (C=O) groups is 2. The van der Waals surface area contributed by atoms with Gasteiger partial charge in [-0.2, -0.15) is 0 Å². The van der Waals surface area contributed by atoms with E-state index >= 15 is 0 Å². The molecule has 0 bridgehead atoms. The summed E-state index contributed by atoms with van der Waals surface area (Å²) in [5, 5.41) is 12.5. The molecule has 0 unspecified atom stereocenters. The Labute approximate surface area is 210 Å². The van der Waals surface area contributed by atoms with Crippen LogP contribution in [0.15, 0.2) is 44.7 Å². The Morgan fingerprint density at radius 1 is 1.31 bits per heavy atom. The lowest BCUT2D eigenvalue weighted by Crippen LogP contribution is -2.19. The fourth-order valence-corrected chi connectivity index (χ4v) is 5.63. The van der Waals surface area contributed by atoms with Gasteiger partial charge in [0.05, 0.1) is 22.8 Å². The molecular formula is C18H10BrClI2N2O4S. The van der Waals surface area contributed by atoms with Gasteiger partial charge in [-0.15, -0.1) is 0 Å². The Hall–Kier alpha value is -0.830. The van der Waals surface area contributed by atoms with Crippen LogP contribution in [0.3, 0.4) is 0 Å². The molecule has 150 valence electrons. The molecule has 0 saturated carbocycles. The van der Waals surface area contributed by atoms with Crippen LogP contribution in [0.25, 0.3) is 6.08 Å². The second kappa shape index (κ2) is 9.98. The second-order valence-corrected chi connectivity index (χ2v) is 10.2. The minimum Gasteiger partial charge on any atom is -0.480 e. The van der Waals surface area contributed by atoms with E-state index in [9.17, 15) is 9.59 Å². The summed E-state index contributed by atoms with van der Waals surface area (Å²) in [4.78, 5) is 27.9. The predicted molar refractivity (Wildman–Crippen MR) is 135 cm³/mol. The highest BCUT2D eigenvalue weighted by Gasteiger charge is 2.24. The number of hydrogen-bond donors (Lipinski definition) is 2. The van der Waals surface area contributed by atoms with Gasteiger partial charge in [0.15, 0.2) is 11.8 Å². The van der Waals surface area contributed by atoms with Gasteiger partial charge < -0.3 is 15.2 Å². The van der Waals surface area contributed by atoms with Gasteiger partial charge in [-0.05, 0) is 115 Å². The molecule has 0 atom stereocenters.